The Morgan fingerprint density at radius 1 is 1.28 bits per heavy atom. The summed E-state index contributed by atoms with van der Waals surface area (Å²) in [5, 5.41) is 0.677. The number of amides is 1. The van der Waals surface area contributed by atoms with E-state index in [1.54, 1.807) is 17.8 Å². The number of hydrogen-bond donors (Lipinski definition) is 0. The third kappa shape index (κ3) is 4.63. The van der Waals surface area contributed by atoms with Gasteiger partial charge in [0.05, 0.1) is 16.0 Å². The number of thiazole rings is 1. The average Bonchev–Trinajstić information content (AvgIpc) is 2.92. The Kier molecular flexibility index (Phi) is 6.13. The van der Waals surface area contributed by atoms with E-state index in [1.165, 1.54) is 16.9 Å². The predicted octanol–water partition coefficient (Wildman–Crippen LogP) is 4.90. The molecule has 0 bridgehead atoms. The molecule has 0 N–H and O–H groups in total. The van der Waals surface area contributed by atoms with Gasteiger partial charge in [0.25, 0.3) is 5.91 Å². The zero-order valence-electron chi connectivity index (χ0n) is 13.5. The molecule has 1 aromatic heterocycles. The fourth-order valence-electron chi connectivity index (χ4n) is 2.41. The smallest absolute Gasteiger partial charge is 0.258 e. The predicted molar refractivity (Wildman–Crippen MR) is 108 cm³/mol. The molecule has 2 aromatic carbocycles. The van der Waals surface area contributed by atoms with E-state index in [0.29, 0.717) is 22.1 Å². The molecule has 0 radical (unpaired) electrons. The van der Waals surface area contributed by atoms with Crippen molar-refractivity contribution in [1.29, 1.82) is 0 Å². The summed E-state index contributed by atoms with van der Waals surface area (Å²) in [4.78, 5) is 17.2. The van der Waals surface area contributed by atoms with Crippen LogP contribution in [0.15, 0.2) is 66.2 Å². The molecule has 0 unspecified atom stereocenters. The number of carbonyl (C=O) groups is 1. The lowest BCUT2D eigenvalue weighted by Crippen LogP contribution is -2.16. The number of benzene rings is 2. The molecule has 128 valence electrons. The highest BCUT2D eigenvalue weighted by Gasteiger charge is 2.08. The van der Waals surface area contributed by atoms with Crippen molar-refractivity contribution in [2.24, 2.45) is 4.99 Å². The molecule has 1 heterocycles. The first-order valence-electron chi connectivity index (χ1n) is 7.76. The van der Waals surface area contributed by atoms with Crippen LogP contribution < -0.4 is 4.80 Å². The van der Waals surface area contributed by atoms with E-state index in [1.807, 2.05) is 41.0 Å². The normalized spacial score (nSPS) is 11.8. The maximum absolute atomic E-state index is 12.3. The molecule has 0 aliphatic rings. The molecule has 0 aliphatic heterocycles. The van der Waals surface area contributed by atoms with Gasteiger partial charge in [0.2, 0.25) is 0 Å². The molecule has 0 aliphatic carbocycles. The molecule has 3 nitrogen and oxygen atoms in total. The average molecular weight is 389 g/mol. The minimum Gasteiger partial charge on any atom is -0.313 e. The third-order valence-electron chi connectivity index (χ3n) is 3.51. The Balaban J connectivity index is 1.78. The number of aromatic nitrogens is 1. The number of nitrogens with zero attached hydrogens (tertiary/aromatic N) is 2. The zero-order chi connectivity index (χ0) is 17.6. The van der Waals surface area contributed by atoms with E-state index in [4.69, 9.17) is 11.6 Å². The zero-order valence-corrected chi connectivity index (χ0v) is 15.9. The lowest BCUT2D eigenvalue weighted by atomic mass is 10.2. The van der Waals surface area contributed by atoms with Gasteiger partial charge in [-0.25, -0.2) is 0 Å². The molecule has 0 saturated carbocycles. The fraction of sp³-hybridized carbons (Fsp3) is 0.158. The SMILES string of the molecule is C=CCn1c(=NC(=O)CSCc2ccccc2)sc2cc(Cl)ccc21. The van der Waals surface area contributed by atoms with E-state index in [9.17, 15) is 4.79 Å². The second-order valence-corrected chi connectivity index (χ2v) is 7.81. The van der Waals surface area contributed by atoms with E-state index >= 15 is 0 Å². The summed E-state index contributed by atoms with van der Waals surface area (Å²) < 4.78 is 3.00. The molecular formula is C19H17ClN2OS2. The Morgan fingerprint density at radius 2 is 2.08 bits per heavy atom. The van der Waals surface area contributed by atoms with Gasteiger partial charge in [0, 0.05) is 17.3 Å². The van der Waals surface area contributed by atoms with Gasteiger partial charge in [0.1, 0.15) is 0 Å². The third-order valence-corrected chi connectivity index (χ3v) is 5.78. The van der Waals surface area contributed by atoms with Gasteiger partial charge < -0.3 is 4.57 Å². The summed E-state index contributed by atoms with van der Waals surface area (Å²) >= 11 is 9.11. The van der Waals surface area contributed by atoms with E-state index < -0.39 is 0 Å². The van der Waals surface area contributed by atoms with Crippen LogP contribution in [0.1, 0.15) is 5.56 Å². The number of fused-ring (bicyclic) bond motifs is 1. The van der Waals surface area contributed by atoms with Gasteiger partial charge in [-0.1, -0.05) is 59.3 Å². The highest BCUT2D eigenvalue weighted by atomic mass is 35.5. The molecule has 0 saturated heterocycles. The maximum atomic E-state index is 12.3. The topological polar surface area (TPSA) is 34.4 Å². The van der Waals surface area contributed by atoms with Crippen LogP contribution in [0.2, 0.25) is 5.02 Å². The molecule has 1 amide bonds. The highest BCUT2D eigenvalue weighted by Crippen LogP contribution is 2.22. The van der Waals surface area contributed by atoms with Crippen molar-refractivity contribution in [3.8, 4) is 0 Å². The van der Waals surface area contributed by atoms with Crippen LogP contribution in [-0.2, 0) is 17.1 Å². The molecular weight excluding hydrogens is 372 g/mol. The Labute approximate surface area is 159 Å². The summed E-state index contributed by atoms with van der Waals surface area (Å²) in [6.45, 7) is 4.39. The van der Waals surface area contributed by atoms with Crippen LogP contribution in [0.25, 0.3) is 10.2 Å². The first-order valence-corrected chi connectivity index (χ1v) is 10.1. The van der Waals surface area contributed by atoms with E-state index in [2.05, 4.69) is 23.7 Å². The second-order valence-electron chi connectivity index (χ2n) is 5.38. The van der Waals surface area contributed by atoms with Crippen molar-refractivity contribution < 1.29 is 4.79 Å². The van der Waals surface area contributed by atoms with Crippen LogP contribution in [0.3, 0.4) is 0 Å². The lowest BCUT2D eigenvalue weighted by Gasteiger charge is -2.01. The summed E-state index contributed by atoms with van der Waals surface area (Å²) in [6.07, 6.45) is 1.80. The molecule has 3 aromatic rings. The van der Waals surface area contributed by atoms with Crippen LogP contribution in [0.5, 0.6) is 0 Å². The van der Waals surface area contributed by atoms with Crippen LogP contribution in [0.4, 0.5) is 0 Å². The summed E-state index contributed by atoms with van der Waals surface area (Å²) in [6, 6.07) is 15.8. The van der Waals surface area contributed by atoms with Gasteiger partial charge in [0.15, 0.2) is 4.80 Å². The van der Waals surface area contributed by atoms with Gasteiger partial charge >= 0.3 is 0 Å². The van der Waals surface area contributed by atoms with Crippen molar-refractivity contribution in [3.63, 3.8) is 0 Å². The van der Waals surface area contributed by atoms with Gasteiger partial charge in [-0.2, -0.15) is 4.99 Å². The summed E-state index contributed by atoms with van der Waals surface area (Å²) in [5.74, 6) is 1.03. The van der Waals surface area contributed by atoms with E-state index in [-0.39, 0.29) is 5.91 Å². The minimum atomic E-state index is -0.128. The Hall–Kier alpha value is -1.82. The number of allylic oxidation sites excluding steroid dienone is 1. The fourth-order valence-corrected chi connectivity index (χ4v) is 4.51. The largest absolute Gasteiger partial charge is 0.313 e. The van der Waals surface area contributed by atoms with Gasteiger partial charge in [-0.05, 0) is 23.8 Å². The molecule has 0 atom stereocenters. The standard InChI is InChI=1S/C19H17ClN2OS2/c1-2-10-22-16-9-8-15(20)11-17(16)25-19(22)21-18(23)13-24-12-14-6-4-3-5-7-14/h2-9,11H,1,10,12-13H2. The Morgan fingerprint density at radius 3 is 2.84 bits per heavy atom. The number of halogens is 1. The van der Waals surface area contributed by atoms with Crippen LogP contribution in [-0.4, -0.2) is 16.2 Å². The van der Waals surface area contributed by atoms with Crippen molar-refractivity contribution in [2.75, 3.05) is 5.75 Å². The first-order chi connectivity index (χ1) is 12.2. The van der Waals surface area contributed by atoms with Crippen molar-refractivity contribution in [3.05, 3.63) is 76.6 Å². The molecule has 0 spiro atoms. The number of carbonyl (C=O) groups excluding carboxylic acids is 1. The second kappa shape index (κ2) is 8.52. The summed E-state index contributed by atoms with van der Waals surface area (Å²) in [5.41, 5.74) is 2.22. The van der Waals surface area contributed by atoms with Crippen LogP contribution in [0, 0.1) is 0 Å². The Bertz CT molecular complexity index is 960. The van der Waals surface area contributed by atoms with Gasteiger partial charge in [-0.15, -0.1) is 18.3 Å². The molecule has 3 rings (SSSR count). The minimum absolute atomic E-state index is 0.128. The number of thioether (sulfide) groups is 1. The molecule has 25 heavy (non-hydrogen) atoms. The summed E-state index contributed by atoms with van der Waals surface area (Å²) in [7, 11) is 0. The van der Waals surface area contributed by atoms with Crippen LogP contribution >= 0.6 is 34.7 Å². The lowest BCUT2D eigenvalue weighted by molar-refractivity contribution is -0.115. The van der Waals surface area contributed by atoms with E-state index in [0.717, 1.165) is 16.0 Å². The quantitative estimate of drug-likeness (QED) is 0.562. The number of rotatable bonds is 6. The van der Waals surface area contributed by atoms with Crippen molar-refractivity contribution in [2.45, 2.75) is 12.3 Å². The monoisotopic (exact) mass is 388 g/mol. The van der Waals surface area contributed by atoms with Gasteiger partial charge in [-0.3, -0.25) is 4.79 Å². The van der Waals surface area contributed by atoms with Crippen molar-refractivity contribution >= 4 is 50.8 Å². The highest BCUT2D eigenvalue weighted by molar-refractivity contribution is 7.99. The molecule has 0 fully saturated rings. The first kappa shape index (κ1) is 18.0. The number of hydrogen-bond acceptors (Lipinski definition) is 3. The maximum Gasteiger partial charge on any atom is 0.258 e. The van der Waals surface area contributed by atoms with Crippen molar-refractivity contribution in [1.82, 2.24) is 4.57 Å². The molecule has 6 heteroatoms.